The number of carbonyl (C=O) groups excluding carboxylic acids is 2. The molecular formula is C17H18N2O4. The molecule has 6 nitrogen and oxygen atoms in total. The summed E-state index contributed by atoms with van der Waals surface area (Å²) < 4.78 is 10.6. The molecule has 2 amide bonds. The summed E-state index contributed by atoms with van der Waals surface area (Å²) in [6.45, 7) is 1.82. The number of hydrogen-bond donors (Lipinski definition) is 1. The first-order valence-corrected chi connectivity index (χ1v) is 7.47. The standard InChI is InChI=1S/C17H18N2O4/c1-12(9-13-5-4-8-22-13)18-16(20)10-19-14-6-2-3-7-15(14)23-11-17(19)21/h2-8,12H,9-11H2,1H3,(H,18,20). The van der Waals surface area contributed by atoms with E-state index in [-0.39, 0.29) is 31.0 Å². The van der Waals surface area contributed by atoms with Gasteiger partial charge < -0.3 is 14.5 Å². The second kappa shape index (κ2) is 6.56. The van der Waals surface area contributed by atoms with E-state index in [0.29, 0.717) is 17.9 Å². The van der Waals surface area contributed by atoms with E-state index in [1.807, 2.05) is 31.2 Å². The van der Waals surface area contributed by atoms with Crippen LogP contribution in [-0.4, -0.2) is 31.0 Å². The van der Waals surface area contributed by atoms with Crippen molar-refractivity contribution >= 4 is 17.5 Å². The Morgan fingerprint density at radius 1 is 1.30 bits per heavy atom. The highest BCUT2D eigenvalue weighted by Crippen LogP contribution is 2.31. The fourth-order valence-electron chi connectivity index (χ4n) is 2.57. The Labute approximate surface area is 134 Å². The minimum Gasteiger partial charge on any atom is -0.482 e. The lowest BCUT2D eigenvalue weighted by molar-refractivity contribution is -0.125. The second-order valence-corrected chi connectivity index (χ2v) is 5.49. The molecule has 0 saturated carbocycles. The number of benzene rings is 1. The summed E-state index contributed by atoms with van der Waals surface area (Å²) in [6.07, 6.45) is 2.21. The fraction of sp³-hybridized carbons (Fsp3) is 0.294. The highest BCUT2D eigenvalue weighted by atomic mass is 16.5. The van der Waals surface area contributed by atoms with Crippen molar-refractivity contribution in [3.8, 4) is 5.75 Å². The number of ether oxygens (including phenoxy) is 1. The van der Waals surface area contributed by atoms with E-state index in [9.17, 15) is 9.59 Å². The van der Waals surface area contributed by atoms with Crippen LogP contribution in [0.1, 0.15) is 12.7 Å². The molecule has 0 spiro atoms. The number of nitrogens with one attached hydrogen (secondary N) is 1. The van der Waals surface area contributed by atoms with Crippen LogP contribution in [0.5, 0.6) is 5.75 Å². The number of amides is 2. The highest BCUT2D eigenvalue weighted by molar-refractivity contribution is 6.02. The summed E-state index contributed by atoms with van der Waals surface area (Å²) in [5.41, 5.74) is 0.623. The van der Waals surface area contributed by atoms with E-state index in [1.165, 1.54) is 4.90 Å². The average Bonchev–Trinajstić information content (AvgIpc) is 3.03. The molecule has 1 aromatic heterocycles. The van der Waals surface area contributed by atoms with Gasteiger partial charge in [0.2, 0.25) is 5.91 Å². The van der Waals surface area contributed by atoms with E-state index >= 15 is 0 Å². The van der Waals surface area contributed by atoms with Crippen molar-refractivity contribution in [2.24, 2.45) is 0 Å². The van der Waals surface area contributed by atoms with Gasteiger partial charge in [-0.1, -0.05) is 12.1 Å². The Morgan fingerprint density at radius 2 is 2.13 bits per heavy atom. The molecule has 1 aliphatic heterocycles. The molecule has 23 heavy (non-hydrogen) atoms. The van der Waals surface area contributed by atoms with Crippen molar-refractivity contribution in [3.05, 3.63) is 48.4 Å². The molecule has 2 heterocycles. The van der Waals surface area contributed by atoms with Crippen LogP contribution in [0.15, 0.2) is 47.1 Å². The maximum atomic E-state index is 12.2. The molecular weight excluding hydrogens is 296 g/mol. The van der Waals surface area contributed by atoms with E-state index in [4.69, 9.17) is 9.15 Å². The first kappa shape index (κ1) is 15.1. The third-order valence-electron chi connectivity index (χ3n) is 3.60. The number of hydrogen-bond acceptors (Lipinski definition) is 4. The van der Waals surface area contributed by atoms with Crippen LogP contribution in [0.4, 0.5) is 5.69 Å². The van der Waals surface area contributed by atoms with E-state index < -0.39 is 0 Å². The third-order valence-corrected chi connectivity index (χ3v) is 3.60. The van der Waals surface area contributed by atoms with E-state index in [1.54, 1.807) is 18.4 Å². The summed E-state index contributed by atoms with van der Waals surface area (Å²) >= 11 is 0. The van der Waals surface area contributed by atoms with Gasteiger partial charge in [-0.05, 0) is 31.2 Å². The van der Waals surface area contributed by atoms with Gasteiger partial charge in [-0.3, -0.25) is 14.5 Å². The third kappa shape index (κ3) is 3.53. The average molecular weight is 314 g/mol. The van der Waals surface area contributed by atoms with Crippen LogP contribution in [-0.2, 0) is 16.0 Å². The van der Waals surface area contributed by atoms with Crippen LogP contribution in [0.25, 0.3) is 0 Å². The Morgan fingerprint density at radius 3 is 2.91 bits per heavy atom. The maximum Gasteiger partial charge on any atom is 0.265 e. The predicted octanol–water partition coefficient (Wildman–Crippen LogP) is 1.75. The van der Waals surface area contributed by atoms with Crippen molar-refractivity contribution in [3.63, 3.8) is 0 Å². The molecule has 2 aromatic rings. The lowest BCUT2D eigenvalue weighted by Gasteiger charge is -2.29. The van der Waals surface area contributed by atoms with Crippen molar-refractivity contribution in [2.75, 3.05) is 18.1 Å². The summed E-state index contributed by atoms with van der Waals surface area (Å²) in [5, 5.41) is 2.88. The number of furan rings is 1. The quantitative estimate of drug-likeness (QED) is 0.912. The van der Waals surface area contributed by atoms with Gasteiger partial charge >= 0.3 is 0 Å². The topological polar surface area (TPSA) is 71.8 Å². The molecule has 1 atom stereocenters. The minimum atomic E-state index is -0.225. The van der Waals surface area contributed by atoms with Gasteiger partial charge in [-0.15, -0.1) is 0 Å². The summed E-state index contributed by atoms with van der Waals surface area (Å²) in [6, 6.07) is 10.8. The maximum absolute atomic E-state index is 12.2. The monoisotopic (exact) mass is 314 g/mol. The van der Waals surface area contributed by atoms with Crippen molar-refractivity contribution in [2.45, 2.75) is 19.4 Å². The van der Waals surface area contributed by atoms with Crippen molar-refractivity contribution in [1.29, 1.82) is 0 Å². The van der Waals surface area contributed by atoms with Crippen LogP contribution in [0.3, 0.4) is 0 Å². The van der Waals surface area contributed by atoms with Crippen molar-refractivity contribution < 1.29 is 18.7 Å². The molecule has 1 aromatic carbocycles. The van der Waals surface area contributed by atoms with Crippen LogP contribution >= 0.6 is 0 Å². The number of nitrogens with zero attached hydrogens (tertiary/aromatic N) is 1. The molecule has 0 radical (unpaired) electrons. The van der Waals surface area contributed by atoms with E-state index in [0.717, 1.165) is 5.76 Å². The molecule has 0 bridgehead atoms. The van der Waals surface area contributed by atoms with Gasteiger partial charge in [-0.25, -0.2) is 0 Å². The molecule has 0 fully saturated rings. The summed E-state index contributed by atoms with van der Waals surface area (Å²) in [7, 11) is 0. The van der Waals surface area contributed by atoms with Gasteiger partial charge in [0.05, 0.1) is 12.0 Å². The number of para-hydroxylation sites is 2. The molecule has 0 saturated heterocycles. The minimum absolute atomic E-state index is 0.0261. The Balaban J connectivity index is 1.62. The SMILES string of the molecule is CC(Cc1ccco1)NC(=O)CN1C(=O)COc2ccccc21. The molecule has 1 N–H and O–H groups in total. The Hall–Kier alpha value is -2.76. The molecule has 3 rings (SSSR count). The summed E-state index contributed by atoms with van der Waals surface area (Å²) in [4.78, 5) is 25.7. The van der Waals surface area contributed by atoms with Crippen LogP contribution < -0.4 is 15.0 Å². The lowest BCUT2D eigenvalue weighted by Crippen LogP contribution is -2.47. The molecule has 0 aliphatic carbocycles. The highest BCUT2D eigenvalue weighted by Gasteiger charge is 2.27. The van der Waals surface area contributed by atoms with Gasteiger partial charge in [0, 0.05) is 12.5 Å². The predicted molar refractivity (Wildman–Crippen MR) is 84.3 cm³/mol. The zero-order valence-electron chi connectivity index (χ0n) is 12.8. The van der Waals surface area contributed by atoms with Crippen LogP contribution in [0.2, 0.25) is 0 Å². The Kier molecular flexibility index (Phi) is 4.32. The van der Waals surface area contributed by atoms with Crippen LogP contribution in [0, 0.1) is 0 Å². The largest absolute Gasteiger partial charge is 0.482 e. The second-order valence-electron chi connectivity index (χ2n) is 5.49. The lowest BCUT2D eigenvalue weighted by atomic mass is 10.2. The van der Waals surface area contributed by atoms with Gasteiger partial charge in [0.25, 0.3) is 5.91 Å². The van der Waals surface area contributed by atoms with Gasteiger partial charge in [0.1, 0.15) is 18.1 Å². The zero-order valence-corrected chi connectivity index (χ0v) is 12.8. The smallest absolute Gasteiger partial charge is 0.265 e. The molecule has 1 unspecified atom stereocenters. The first-order valence-electron chi connectivity index (χ1n) is 7.47. The Bertz CT molecular complexity index is 696. The van der Waals surface area contributed by atoms with Gasteiger partial charge in [0.15, 0.2) is 6.61 Å². The molecule has 1 aliphatic rings. The first-order chi connectivity index (χ1) is 11.1. The zero-order chi connectivity index (χ0) is 16.2. The normalized spacial score (nSPS) is 14.8. The number of rotatable bonds is 5. The van der Waals surface area contributed by atoms with Gasteiger partial charge in [-0.2, -0.15) is 0 Å². The number of carbonyl (C=O) groups is 2. The number of anilines is 1. The summed E-state index contributed by atoms with van der Waals surface area (Å²) in [5.74, 6) is 0.987. The molecule has 6 heteroatoms. The van der Waals surface area contributed by atoms with Crippen molar-refractivity contribution in [1.82, 2.24) is 5.32 Å². The fourth-order valence-corrected chi connectivity index (χ4v) is 2.57. The van der Waals surface area contributed by atoms with E-state index in [2.05, 4.69) is 5.32 Å². The molecule has 120 valence electrons. The number of fused-ring (bicyclic) bond motifs is 1.